The van der Waals surface area contributed by atoms with Crippen molar-refractivity contribution < 1.29 is 23.7 Å². The molecule has 1 aliphatic heterocycles. The molecule has 7 heteroatoms. The number of hydrogen-bond donors (Lipinski definition) is 3. The van der Waals surface area contributed by atoms with Gasteiger partial charge in [-0.05, 0) is 51.1 Å². The fourth-order valence-corrected chi connectivity index (χ4v) is 3.42. The van der Waals surface area contributed by atoms with Crippen LogP contribution in [0.15, 0.2) is 30.3 Å². The number of pyridine rings is 1. The lowest BCUT2D eigenvalue weighted by atomic mass is 9.86. The molecule has 27 heavy (non-hydrogen) atoms. The van der Waals surface area contributed by atoms with Gasteiger partial charge in [-0.15, -0.1) is 0 Å². The van der Waals surface area contributed by atoms with Crippen molar-refractivity contribution in [3.63, 3.8) is 0 Å². The third kappa shape index (κ3) is 3.73. The highest BCUT2D eigenvalue weighted by Crippen LogP contribution is 2.42. The Hall–Kier alpha value is -1.93. The van der Waals surface area contributed by atoms with Crippen molar-refractivity contribution in [1.29, 1.82) is 0 Å². The number of ether oxygens (including phenoxy) is 1. The SMILES string of the molecule is CC1(O)COC(CN)(c2cc(C(C)(C)O)c(F)c(-c3ccc(F)cc3)n2)C1. The van der Waals surface area contributed by atoms with Gasteiger partial charge in [0.05, 0.1) is 23.5 Å². The summed E-state index contributed by atoms with van der Waals surface area (Å²) >= 11 is 0. The van der Waals surface area contributed by atoms with Crippen molar-refractivity contribution in [2.45, 2.75) is 44.0 Å². The first-order valence-corrected chi connectivity index (χ1v) is 8.74. The number of rotatable bonds is 4. The number of nitrogens with two attached hydrogens (primary N) is 1. The highest BCUT2D eigenvalue weighted by Gasteiger charge is 2.48. The molecule has 5 nitrogen and oxygen atoms in total. The average Bonchev–Trinajstić information content (AvgIpc) is 2.91. The van der Waals surface area contributed by atoms with Crippen LogP contribution in [0.5, 0.6) is 0 Å². The van der Waals surface area contributed by atoms with E-state index in [0.717, 1.165) is 0 Å². The summed E-state index contributed by atoms with van der Waals surface area (Å²) in [5, 5.41) is 20.8. The summed E-state index contributed by atoms with van der Waals surface area (Å²) in [4.78, 5) is 4.41. The van der Waals surface area contributed by atoms with E-state index in [1.54, 1.807) is 6.92 Å². The lowest BCUT2D eigenvalue weighted by Crippen LogP contribution is -2.38. The Balaban J connectivity index is 2.23. The van der Waals surface area contributed by atoms with Crippen LogP contribution in [0.3, 0.4) is 0 Å². The van der Waals surface area contributed by atoms with Gasteiger partial charge in [-0.3, -0.25) is 0 Å². The molecule has 3 rings (SSSR count). The van der Waals surface area contributed by atoms with Gasteiger partial charge in [-0.25, -0.2) is 13.8 Å². The summed E-state index contributed by atoms with van der Waals surface area (Å²) in [6, 6.07) is 6.68. The fourth-order valence-electron chi connectivity index (χ4n) is 3.42. The third-order valence-corrected chi connectivity index (χ3v) is 4.86. The quantitative estimate of drug-likeness (QED) is 0.761. The predicted molar refractivity (Wildman–Crippen MR) is 96.8 cm³/mol. The molecule has 1 fully saturated rings. The van der Waals surface area contributed by atoms with Crippen LogP contribution in [-0.2, 0) is 15.9 Å². The van der Waals surface area contributed by atoms with E-state index in [-0.39, 0.29) is 30.8 Å². The molecule has 0 saturated carbocycles. The summed E-state index contributed by atoms with van der Waals surface area (Å²) in [6.45, 7) is 4.64. The van der Waals surface area contributed by atoms with Crippen LogP contribution in [0.4, 0.5) is 8.78 Å². The minimum Gasteiger partial charge on any atom is -0.388 e. The Morgan fingerprint density at radius 2 is 1.89 bits per heavy atom. The molecule has 1 saturated heterocycles. The highest BCUT2D eigenvalue weighted by molar-refractivity contribution is 5.62. The van der Waals surface area contributed by atoms with Crippen LogP contribution in [0.2, 0.25) is 0 Å². The molecule has 0 radical (unpaired) electrons. The van der Waals surface area contributed by atoms with Gasteiger partial charge in [0, 0.05) is 24.1 Å². The molecule has 1 aromatic carbocycles. The number of nitrogens with zero attached hydrogens (tertiary/aromatic N) is 1. The standard InChI is InChI=1S/C20H24F2N2O3/c1-18(2,25)14-8-15(20(10-23)9-19(3,26)11-27-20)24-17(16(14)22)12-4-6-13(21)7-5-12/h4-8,25-26H,9-11,23H2,1-3H3. The van der Waals surface area contributed by atoms with Crippen molar-refractivity contribution in [1.82, 2.24) is 4.98 Å². The summed E-state index contributed by atoms with van der Waals surface area (Å²) in [6.07, 6.45) is 0.184. The maximum atomic E-state index is 15.2. The van der Waals surface area contributed by atoms with Gasteiger partial charge in [0.25, 0.3) is 0 Å². The summed E-state index contributed by atoms with van der Waals surface area (Å²) in [5.74, 6) is -1.15. The van der Waals surface area contributed by atoms with E-state index >= 15 is 4.39 Å². The summed E-state index contributed by atoms with van der Waals surface area (Å²) in [7, 11) is 0. The molecule has 2 aromatic rings. The van der Waals surface area contributed by atoms with Gasteiger partial charge in [-0.2, -0.15) is 0 Å². The molecule has 0 bridgehead atoms. The summed E-state index contributed by atoms with van der Waals surface area (Å²) in [5.41, 5.74) is 2.92. The van der Waals surface area contributed by atoms with Gasteiger partial charge >= 0.3 is 0 Å². The summed E-state index contributed by atoms with van der Waals surface area (Å²) < 4.78 is 34.3. The van der Waals surface area contributed by atoms with E-state index < -0.39 is 28.4 Å². The highest BCUT2D eigenvalue weighted by atomic mass is 19.1. The zero-order chi connectivity index (χ0) is 20.0. The number of benzene rings is 1. The largest absolute Gasteiger partial charge is 0.388 e. The number of hydrogen-bond acceptors (Lipinski definition) is 5. The van der Waals surface area contributed by atoms with Crippen molar-refractivity contribution in [3.8, 4) is 11.3 Å². The molecule has 2 unspecified atom stereocenters. The Labute approximate surface area is 156 Å². The van der Waals surface area contributed by atoms with Gasteiger partial charge in [0.15, 0.2) is 5.82 Å². The van der Waals surface area contributed by atoms with Gasteiger partial charge in [-0.1, -0.05) is 0 Å². The zero-order valence-electron chi connectivity index (χ0n) is 15.6. The van der Waals surface area contributed by atoms with Crippen LogP contribution in [0.1, 0.15) is 38.4 Å². The molecule has 146 valence electrons. The van der Waals surface area contributed by atoms with Crippen molar-refractivity contribution >= 4 is 0 Å². The molecule has 0 amide bonds. The first-order valence-electron chi connectivity index (χ1n) is 8.74. The van der Waals surface area contributed by atoms with E-state index in [9.17, 15) is 14.6 Å². The van der Waals surface area contributed by atoms with E-state index in [4.69, 9.17) is 10.5 Å². The molecular formula is C20H24F2N2O3. The Kier molecular flexibility index (Phi) is 4.84. The monoisotopic (exact) mass is 378 g/mol. The minimum absolute atomic E-state index is 0.0230. The van der Waals surface area contributed by atoms with Gasteiger partial charge in [0.2, 0.25) is 0 Å². The van der Waals surface area contributed by atoms with Crippen molar-refractivity contribution in [2.24, 2.45) is 5.73 Å². The normalized spacial score (nSPS) is 25.8. The van der Waals surface area contributed by atoms with Crippen LogP contribution in [-0.4, -0.2) is 33.9 Å². The third-order valence-electron chi connectivity index (χ3n) is 4.86. The molecular weight excluding hydrogens is 354 g/mol. The Morgan fingerprint density at radius 3 is 2.37 bits per heavy atom. The second-order valence-electron chi connectivity index (χ2n) is 7.94. The first kappa shape index (κ1) is 19.8. The number of aliphatic hydroxyl groups is 2. The predicted octanol–water partition coefficient (Wildman–Crippen LogP) is 2.58. The smallest absolute Gasteiger partial charge is 0.155 e. The minimum atomic E-state index is -1.49. The topological polar surface area (TPSA) is 88.6 Å². The number of halogens is 2. The van der Waals surface area contributed by atoms with E-state index in [1.165, 1.54) is 44.2 Å². The second-order valence-corrected chi connectivity index (χ2v) is 7.94. The zero-order valence-corrected chi connectivity index (χ0v) is 15.6. The molecule has 1 aliphatic rings. The van der Waals surface area contributed by atoms with Crippen LogP contribution in [0.25, 0.3) is 11.3 Å². The van der Waals surface area contributed by atoms with E-state index in [0.29, 0.717) is 11.3 Å². The lowest BCUT2D eigenvalue weighted by Gasteiger charge is -2.30. The van der Waals surface area contributed by atoms with Crippen LogP contribution < -0.4 is 5.73 Å². The molecule has 2 heterocycles. The molecule has 1 aromatic heterocycles. The number of aromatic nitrogens is 1. The molecule has 0 aliphatic carbocycles. The molecule has 4 N–H and O–H groups in total. The van der Waals surface area contributed by atoms with Gasteiger partial charge in [0.1, 0.15) is 17.1 Å². The van der Waals surface area contributed by atoms with E-state index in [2.05, 4.69) is 4.98 Å². The van der Waals surface area contributed by atoms with E-state index in [1.807, 2.05) is 0 Å². The maximum Gasteiger partial charge on any atom is 0.155 e. The molecule has 0 spiro atoms. The van der Waals surface area contributed by atoms with Crippen LogP contribution in [0, 0.1) is 11.6 Å². The Morgan fingerprint density at radius 1 is 1.26 bits per heavy atom. The average molecular weight is 378 g/mol. The van der Waals surface area contributed by atoms with Crippen molar-refractivity contribution in [3.05, 3.63) is 53.2 Å². The first-order chi connectivity index (χ1) is 12.5. The van der Waals surface area contributed by atoms with Gasteiger partial charge < -0.3 is 20.7 Å². The van der Waals surface area contributed by atoms with Crippen LogP contribution >= 0.6 is 0 Å². The Bertz CT molecular complexity index is 848. The van der Waals surface area contributed by atoms with Crippen molar-refractivity contribution in [2.75, 3.05) is 13.2 Å². The lowest BCUT2D eigenvalue weighted by molar-refractivity contribution is -0.00730. The maximum absolute atomic E-state index is 15.2. The molecule has 2 atom stereocenters. The second kappa shape index (κ2) is 6.60. The fraction of sp³-hybridized carbons (Fsp3) is 0.450.